The fraction of sp³-hybridized carbons (Fsp3) is 0.450. The summed E-state index contributed by atoms with van der Waals surface area (Å²) in [5.74, 6) is -0.699. The van der Waals surface area contributed by atoms with Crippen LogP contribution >= 0.6 is 0 Å². The molecule has 3 amide bonds. The van der Waals surface area contributed by atoms with E-state index in [9.17, 15) is 14.4 Å². The lowest BCUT2D eigenvalue weighted by Crippen LogP contribution is -2.50. The van der Waals surface area contributed by atoms with Crippen LogP contribution in [0.2, 0.25) is 0 Å². The van der Waals surface area contributed by atoms with E-state index in [1.165, 1.54) is 25.3 Å². The molecule has 2 saturated heterocycles. The normalized spacial score (nSPS) is 20.5. The molecule has 0 saturated carbocycles. The summed E-state index contributed by atoms with van der Waals surface area (Å²) in [6.45, 7) is 9.45. The number of pyridine rings is 1. The summed E-state index contributed by atoms with van der Waals surface area (Å²) in [6, 6.07) is 11.0. The Morgan fingerprint density at radius 3 is 2.27 bits per heavy atom. The number of carbonyl (C=O) groups excluding carboxylic acids is 3. The van der Waals surface area contributed by atoms with E-state index in [-0.39, 0.29) is 41.7 Å². The van der Waals surface area contributed by atoms with E-state index in [0.29, 0.717) is 29.8 Å². The Morgan fingerprint density at radius 2 is 1.69 bits per heavy atom. The Hall–Kier alpha value is -5.00. The minimum absolute atomic E-state index is 0.0298. The van der Waals surface area contributed by atoms with Crippen LogP contribution in [0.4, 0.5) is 19.4 Å². The van der Waals surface area contributed by atoms with Crippen LogP contribution in [0.25, 0.3) is 5.57 Å². The van der Waals surface area contributed by atoms with Crippen LogP contribution in [0.3, 0.4) is 0 Å². The van der Waals surface area contributed by atoms with Crippen molar-refractivity contribution in [1.82, 2.24) is 20.5 Å². The van der Waals surface area contributed by atoms with Gasteiger partial charge in [0.1, 0.15) is 28.8 Å². The molecule has 0 radical (unpaired) electrons. The van der Waals surface area contributed by atoms with Crippen molar-refractivity contribution in [2.24, 2.45) is 0 Å². The highest BCUT2D eigenvalue weighted by molar-refractivity contribution is 5.96. The average molecular weight is 716 g/mol. The van der Waals surface area contributed by atoms with E-state index >= 15 is 8.78 Å². The molecule has 2 fully saturated rings. The SMILES string of the molecule is COc1cccc(C(=O)NC2C[C@H]3CC[C@@H](C2)N3c2ccc(C(=O)NC(C)c3c(F)cc(C4=CCN(C(=O)OC(C)(C)C)CC4)cc3F)cn2)c1C. The molecule has 1 aromatic heterocycles. The number of nitrogens with one attached hydrogen (secondary N) is 2. The number of rotatable bonds is 8. The van der Waals surface area contributed by atoms with Crippen molar-refractivity contribution < 1.29 is 32.6 Å². The van der Waals surface area contributed by atoms with Crippen molar-refractivity contribution in [3.63, 3.8) is 0 Å². The minimum atomic E-state index is -0.949. The van der Waals surface area contributed by atoms with Gasteiger partial charge in [-0.15, -0.1) is 0 Å². The van der Waals surface area contributed by atoms with E-state index in [1.54, 1.807) is 51.0 Å². The molecule has 2 aromatic carbocycles. The van der Waals surface area contributed by atoms with Gasteiger partial charge >= 0.3 is 6.09 Å². The van der Waals surface area contributed by atoms with Crippen LogP contribution in [0.1, 0.15) is 103 Å². The number of piperidine rings is 1. The minimum Gasteiger partial charge on any atom is -0.496 e. The molecular weight excluding hydrogens is 668 g/mol. The van der Waals surface area contributed by atoms with E-state index in [4.69, 9.17) is 9.47 Å². The lowest BCUT2D eigenvalue weighted by Gasteiger charge is -2.40. The molecule has 52 heavy (non-hydrogen) atoms. The maximum Gasteiger partial charge on any atom is 0.410 e. The first-order valence-electron chi connectivity index (χ1n) is 17.9. The molecule has 12 heteroatoms. The summed E-state index contributed by atoms with van der Waals surface area (Å²) in [5, 5.41) is 5.94. The molecule has 0 aliphatic carbocycles. The number of ether oxygens (including phenoxy) is 2. The molecule has 4 heterocycles. The van der Waals surface area contributed by atoms with Crippen molar-refractivity contribution in [2.75, 3.05) is 25.1 Å². The van der Waals surface area contributed by atoms with Crippen LogP contribution < -0.4 is 20.3 Å². The quantitative estimate of drug-likeness (QED) is 0.255. The Bertz CT molecular complexity index is 1840. The van der Waals surface area contributed by atoms with Crippen LogP contribution in [0.5, 0.6) is 5.75 Å². The topological polar surface area (TPSA) is 113 Å². The van der Waals surface area contributed by atoms with Gasteiger partial charge in [-0.1, -0.05) is 12.1 Å². The van der Waals surface area contributed by atoms with E-state index < -0.39 is 35.3 Å². The highest BCUT2D eigenvalue weighted by Crippen LogP contribution is 2.39. The van der Waals surface area contributed by atoms with Crippen LogP contribution in [-0.4, -0.2) is 71.7 Å². The second-order valence-corrected chi connectivity index (χ2v) is 14.9. The molecule has 2 bridgehead atoms. The molecule has 0 spiro atoms. The standard InChI is InChI=1S/C40H47F2N5O5/c1-23-31(8-7-9-34(23)51-6)38(49)45-28-20-29-11-12-30(21-28)47(29)35-13-10-26(22-43-35)37(48)44-24(2)36-32(41)18-27(19-33(36)42)25-14-16-46(17-15-25)39(50)52-40(3,4)5/h7-10,13-14,18-19,22,24,28-30H,11-12,15-17,20-21H2,1-6H3,(H,44,48)(H,45,49)/t24?,28?,29-,30+. The fourth-order valence-corrected chi connectivity index (χ4v) is 7.65. The number of hydrogen-bond acceptors (Lipinski definition) is 7. The predicted molar refractivity (Wildman–Crippen MR) is 194 cm³/mol. The first-order chi connectivity index (χ1) is 24.7. The summed E-state index contributed by atoms with van der Waals surface area (Å²) in [7, 11) is 1.59. The Labute approximate surface area is 303 Å². The molecule has 3 aromatic rings. The van der Waals surface area contributed by atoms with Gasteiger partial charge in [-0.2, -0.15) is 0 Å². The number of benzene rings is 2. The van der Waals surface area contributed by atoms with Gasteiger partial charge < -0.3 is 29.9 Å². The average Bonchev–Trinajstić information content (AvgIpc) is 3.36. The number of methoxy groups -OCH3 is 1. The number of carbonyl (C=O) groups is 3. The molecule has 10 nitrogen and oxygen atoms in total. The number of nitrogens with zero attached hydrogens (tertiary/aromatic N) is 3. The van der Waals surface area contributed by atoms with E-state index in [0.717, 1.165) is 42.6 Å². The van der Waals surface area contributed by atoms with Gasteiger partial charge in [-0.25, -0.2) is 18.6 Å². The molecule has 4 atom stereocenters. The van der Waals surface area contributed by atoms with Gasteiger partial charge in [-0.05, 0) is 114 Å². The molecule has 2 N–H and O–H groups in total. The zero-order valence-corrected chi connectivity index (χ0v) is 30.6. The third-order valence-corrected chi connectivity index (χ3v) is 10.2. The van der Waals surface area contributed by atoms with Gasteiger partial charge in [0, 0.05) is 54.1 Å². The second kappa shape index (κ2) is 14.9. The Kier molecular flexibility index (Phi) is 10.6. The van der Waals surface area contributed by atoms with Crippen molar-refractivity contribution in [3.05, 3.63) is 94.2 Å². The molecular formula is C40H47F2N5O5. The van der Waals surface area contributed by atoms with Gasteiger partial charge in [-0.3, -0.25) is 9.59 Å². The monoisotopic (exact) mass is 715 g/mol. The maximum absolute atomic E-state index is 15.4. The first kappa shape index (κ1) is 36.8. The first-order valence-corrected chi connectivity index (χ1v) is 17.9. The Balaban J connectivity index is 1.05. The van der Waals surface area contributed by atoms with Gasteiger partial charge in [0.15, 0.2) is 0 Å². The lowest BCUT2D eigenvalue weighted by atomic mass is 9.96. The number of hydrogen-bond donors (Lipinski definition) is 2. The summed E-state index contributed by atoms with van der Waals surface area (Å²) in [4.78, 5) is 47.2. The molecule has 3 aliphatic rings. The predicted octanol–water partition coefficient (Wildman–Crippen LogP) is 7.12. The number of halogens is 2. The molecule has 3 aliphatic heterocycles. The fourth-order valence-electron chi connectivity index (χ4n) is 7.65. The van der Waals surface area contributed by atoms with Crippen molar-refractivity contribution >= 4 is 29.3 Å². The van der Waals surface area contributed by atoms with Gasteiger partial charge in [0.25, 0.3) is 11.8 Å². The van der Waals surface area contributed by atoms with E-state index in [1.807, 2.05) is 25.1 Å². The summed E-state index contributed by atoms with van der Waals surface area (Å²) < 4.78 is 41.6. The summed E-state index contributed by atoms with van der Waals surface area (Å²) >= 11 is 0. The summed E-state index contributed by atoms with van der Waals surface area (Å²) in [5.41, 5.74) is 1.97. The third-order valence-electron chi connectivity index (χ3n) is 10.2. The smallest absolute Gasteiger partial charge is 0.410 e. The van der Waals surface area contributed by atoms with Crippen LogP contribution in [0.15, 0.2) is 54.7 Å². The second-order valence-electron chi connectivity index (χ2n) is 14.9. The number of fused-ring (bicyclic) bond motifs is 2. The van der Waals surface area contributed by atoms with Gasteiger partial charge in [0.2, 0.25) is 0 Å². The Morgan fingerprint density at radius 1 is 1.00 bits per heavy atom. The maximum atomic E-state index is 15.4. The molecule has 276 valence electrons. The van der Waals surface area contributed by atoms with Crippen LogP contribution in [0, 0.1) is 18.6 Å². The van der Waals surface area contributed by atoms with Crippen molar-refractivity contribution in [1.29, 1.82) is 0 Å². The molecule has 6 rings (SSSR count). The van der Waals surface area contributed by atoms with Crippen molar-refractivity contribution in [2.45, 2.75) is 96.5 Å². The largest absolute Gasteiger partial charge is 0.496 e. The zero-order valence-electron chi connectivity index (χ0n) is 30.6. The zero-order chi connectivity index (χ0) is 37.3. The highest BCUT2D eigenvalue weighted by atomic mass is 19.1. The molecule has 2 unspecified atom stereocenters. The van der Waals surface area contributed by atoms with Crippen molar-refractivity contribution in [3.8, 4) is 5.75 Å². The summed E-state index contributed by atoms with van der Waals surface area (Å²) in [6.07, 6.45) is 6.78. The van der Waals surface area contributed by atoms with E-state index in [2.05, 4.69) is 20.5 Å². The highest BCUT2D eigenvalue weighted by Gasteiger charge is 2.42. The number of aromatic nitrogens is 1. The van der Waals surface area contributed by atoms with Gasteiger partial charge in [0.05, 0.1) is 18.7 Å². The lowest BCUT2D eigenvalue weighted by molar-refractivity contribution is 0.0270. The number of amides is 3. The number of anilines is 1. The third kappa shape index (κ3) is 7.90. The van der Waals surface area contributed by atoms with Crippen LogP contribution in [-0.2, 0) is 4.74 Å².